The molecule has 0 aliphatic carbocycles. The van der Waals surface area contributed by atoms with Gasteiger partial charge in [-0.2, -0.15) is 17.6 Å². The second kappa shape index (κ2) is 4.00. The van der Waals surface area contributed by atoms with Crippen LogP contribution in [-0.2, 0) is 0 Å². The Morgan fingerprint density at radius 3 is 2.20 bits per heavy atom. The van der Waals surface area contributed by atoms with E-state index in [1.54, 1.807) is 0 Å². The van der Waals surface area contributed by atoms with Crippen LogP contribution in [0.2, 0.25) is 0 Å². The first-order valence-corrected chi connectivity index (χ1v) is 3.63. The maximum Gasteiger partial charge on any atom is 0.461 e. The smallest absolute Gasteiger partial charge is 0.425 e. The topological polar surface area (TPSA) is 9.23 Å². The molecule has 0 spiro atoms. The third-order valence-corrected chi connectivity index (χ3v) is 1.39. The molecule has 0 aromatic heterocycles. The van der Waals surface area contributed by atoms with Crippen molar-refractivity contribution >= 4 is 0 Å². The average molecular weight is 230 g/mol. The van der Waals surface area contributed by atoms with Crippen molar-refractivity contribution in [1.82, 2.24) is 0 Å². The molecule has 0 atom stereocenters. The summed E-state index contributed by atoms with van der Waals surface area (Å²) in [7, 11) is 0. The van der Waals surface area contributed by atoms with Crippen LogP contribution in [0.4, 0.5) is 26.3 Å². The third-order valence-electron chi connectivity index (χ3n) is 1.39. The molecular formula is C8H4F6O. The van der Waals surface area contributed by atoms with Gasteiger partial charge in [0, 0.05) is 6.07 Å². The summed E-state index contributed by atoms with van der Waals surface area (Å²) in [6, 6.07) is 1.36. The van der Waals surface area contributed by atoms with Gasteiger partial charge in [0.2, 0.25) is 0 Å². The molecule has 0 unspecified atom stereocenters. The molecule has 15 heavy (non-hydrogen) atoms. The van der Waals surface area contributed by atoms with Gasteiger partial charge in [0.15, 0.2) is 11.6 Å². The van der Waals surface area contributed by atoms with Crippen molar-refractivity contribution < 1.29 is 31.1 Å². The van der Waals surface area contributed by atoms with Gasteiger partial charge in [-0.05, 0) is 12.1 Å². The van der Waals surface area contributed by atoms with E-state index in [9.17, 15) is 26.3 Å². The number of hydrogen-bond acceptors (Lipinski definition) is 1. The molecule has 0 bridgehead atoms. The van der Waals surface area contributed by atoms with Crippen LogP contribution in [0.15, 0.2) is 18.2 Å². The molecule has 0 saturated heterocycles. The lowest BCUT2D eigenvalue weighted by Gasteiger charge is -2.16. The fraction of sp³-hybridized carbons (Fsp3) is 0.250. The molecule has 84 valence electrons. The zero-order chi connectivity index (χ0) is 11.6. The van der Waals surface area contributed by atoms with E-state index in [1.165, 1.54) is 0 Å². The monoisotopic (exact) mass is 230 g/mol. The lowest BCUT2D eigenvalue weighted by atomic mass is 10.3. The largest absolute Gasteiger partial charge is 0.461 e. The van der Waals surface area contributed by atoms with Crippen molar-refractivity contribution in [2.24, 2.45) is 0 Å². The number of rotatable bonds is 3. The van der Waals surface area contributed by atoms with Crippen LogP contribution in [0.25, 0.3) is 0 Å². The van der Waals surface area contributed by atoms with Gasteiger partial charge in [0.05, 0.1) is 0 Å². The van der Waals surface area contributed by atoms with Crippen molar-refractivity contribution in [2.45, 2.75) is 12.5 Å². The fourth-order valence-corrected chi connectivity index (χ4v) is 0.749. The lowest BCUT2D eigenvalue weighted by molar-refractivity contribution is -0.254. The minimum absolute atomic E-state index is 0.247. The number of ether oxygens (including phenoxy) is 1. The molecule has 1 aromatic carbocycles. The van der Waals surface area contributed by atoms with Crippen LogP contribution in [0, 0.1) is 11.6 Å². The Morgan fingerprint density at radius 1 is 1.13 bits per heavy atom. The van der Waals surface area contributed by atoms with E-state index in [0.717, 1.165) is 0 Å². The molecule has 0 N–H and O–H groups in total. The first-order valence-electron chi connectivity index (χ1n) is 3.63. The van der Waals surface area contributed by atoms with Crippen molar-refractivity contribution in [3.05, 3.63) is 29.8 Å². The Hall–Kier alpha value is -1.40. The number of alkyl halides is 4. The molecule has 0 aliphatic heterocycles. The first kappa shape index (κ1) is 11.7. The van der Waals surface area contributed by atoms with Gasteiger partial charge in [-0.3, -0.25) is 0 Å². The van der Waals surface area contributed by atoms with Crippen molar-refractivity contribution in [2.75, 3.05) is 0 Å². The molecular weight excluding hydrogens is 226 g/mol. The van der Waals surface area contributed by atoms with E-state index in [2.05, 4.69) is 4.74 Å². The van der Waals surface area contributed by atoms with Crippen molar-refractivity contribution in [1.29, 1.82) is 0 Å². The van der Waals surface area contributed by atoms with E-state index >= 15 is 0 Å². The molecule has 1 nitrogen and oxygen atoms in total. The molecule has 1 aromatic rings. The van der Waals surface area contributed by atoms with Gasteiger partial charge in [-0.15, -0.1) is 0 Å². The molecule has 0 saturated carbocycles. The Bertz CT molecular complexity index is 351. The second-order valence-electron chi connectivity index (χ2n) is 2.54. The van der Waals surface area contributed by atoms with Crippen LogP contribution in [0.5, 0.6) is 5.75 Å². The second-order valence-corrected chi connectivity index (χ2v) is 2.54. The predicted octanol–water partition coefficient (Wildman–Crippen LogP) is 3.20. The summed E-state index contributed by atoms with van der Waals surface area (Å²) in [4.78, 5) is 0. The standard InChI is InChI=1S/C8H4F6O/c9-4-1-2-6(5(10)3-4)15-8(13,14)7(11)12/h1-3,7H. The van der Waals surface area contributed by atoms with Gasteiger partial charge >= 0.3 is 12.5 Å². The SMILES string of the molecule is Fc1ccc(OC(F)(F)C(F)F)c(F)c1. The summed E-state index contributed by atoms with van der Waals surface area (Å²) >= 11 is 0. The normalized spacial score (nSPS) is 11.9. The summed E-state index contributed by atoms with van der Waals surface area (Å²) in [5.74, 6) is -3.64. The summed E-state index contributed by atoms with van der Waals surface area (Å²) in [5, 5.41) is 0. The van der Waals surface area contributed by atoms with Gasteiger partial charge in [-0.1, -0.05) is 0 Å². The molecule has 0 aliphatic rings. The lowest BCUT2D eigenvalue weighted by Crippen LogP contribution is -2.33. The molecule has 0 amide bonds. The molecule has 0 radical (unpaired) electrons. The van der Waals surface area contributed by atoms with Crippen LogP contribution in [0.3, 0.4) is 0 Å². The minimum Gasteiger partial charge on any atom is -0.425 e. The Balaban J connectivity index is 2.90. The fourth-order valence-electron chi connectivity index (χ4n) is 0.749. The summed E-state index contributed by atoms with van der Waals surface area (Å²) in [5.41, 5.74) is 0. The molecule has 0 fully saturated rings. The first-order chi connectivity index (χ1) is 6.83. The third kappa shape index (κ3) is 2.77. The van der Waals surface area contributed by atoms with Crippen molar-refractivity contribution in [3.63, 3.8) is 0 Å². The zero-order valence-electron chi connectivity index (χ0n) is 6.99. The predicted molar refractivity (Wildman–Crippen MR) is 37.9 cm³/mol. The number of hydrogen-bond donors (Lipinski definition) is 0. The van der Waals surface area contributed by atoms with Gasteiger partial charge in [0.25, 0.3) is 0 Å². The number of halogens is 6. The Morgan fingerprint density at radius 2 is 1.73 bits per heavy atom. The van der Waals surface area contributed by atoms with E-state index in [0.29, 0.717) is 12.1 Å². The van der Waals surface area contributed by atoms with Crippen LogP contribution in [-0.4, -0.2) is 12.5 Å². The summed E-state index contributed by atoms with van der Waals surface area (Å²) < 4.78 is 76.3. The highest BCUT2D eigenvalue weighted by atomic mass is 19.3. The molecule has 1 rings (SSSR count). The average Bonchev–Trinajstić information content (AvgIpc) is 2.09. The molecule has 7 heteroatoms. The minimum atomic E-state index is -4.81. The van der Waals surface area contributed by atoms with Gasteiger partial charge in [0.1, 0.15) is 5.82 Å². The maximum atomic E-state index is 12.7. The van der Waals surface area contributed by atoms with Crippen molar-refractivity contribution in [3.8, 4) is 5.75 Å². The van der Waals surface area contributed by atoms with Crippen LogP contribution in [0.1, 0.15) is 0 Å². The van der Waals surface area contributed by atoms with E-state index in [4.69, 9.17) is 0 Å². The van der Waals surface area contributed by atoms with Gasteiger partial charge in [-0.25, -0.2) is 8.78 Å². The van der Waals surface area contributed by atoms with E-state index in [1.807, 2.05) is 0 Å². The Labute approximate surface area is 80.3 Å². The van der Waals surface area contributed by atoms with E-state index < -0.39 is 29.9 Å². The highest BCUT2D eigenvalue weighted by Crippen LogP contribution is 2.29. The molecule has 0 heterocycles. The zero-order valence-corrected chi connectivity index (χ0v) is 6.99. The highest BCUT2D eigenvalue weighted by molar-refractivity contribution is 5.25. The number of benzene rings is 1. The quantitative estimate of drug-likeness (QED) is 0.724. The summed E-state index contributed by atoms with van der Waals surface area (Å²) in [6.45, 7) is 0. The van der Waals surface area contributed by atoms with E-state index in [-0.39, 0.29) is 6.07 Å². The van der Waals surface area contributed by atoms with Crippen LogP contribution >= 0.6 is 0 Å². The van der Waals surface area contributed by atoms with Gasteiger partial charge < -0.3 is 4.74 Å². The summed E-state index contributed by atoms with van der Waals surface area (Å²) in [6.07, 6.45) is -8.90. The highest BCUT2D eigenvalue weighted by Gasteiger charge is 2.44. The maximum absolute atomic E-state index is 12.7. The van der Waals surface area contributed by atoms with Crippen LogP contribution < -0.4 is 4.74 Å². The Kier molecular flexibility index (Phi) is 3.11.